The van der Waals surface area contributed by atoms with Crippen LogP contribution in [0.2, 0.25) is 0 Å². The Hall–Kier alpha value is -0.900. The van der Waals surface area contributed by atoms with Gasteiger partial charge in [0.2, 0.25) is 11.8 Å². The second kappa shape index (κ2) is 6.25. The van der Waals surface area contributed by atoms with Crippen LogP contribution in [0.1, 0.15) is 59.3 Å². The molecule has 4 heteroatoms. The molecular weight excluding hydrogens is 252 g/mol. The van der Waals surface area contributed by atoms with E-state index in [4.69, 9.17) is 0 Å². The number of hydrogen-bond donors (Lipinski definition) is 1. The zero-order valence-corrected chi connectivity index (χ0v) is 13.1. The molecule has 0 aromatic rings. The van der Waals surface area contributed by atoms with E-state index >= 15 is 0 Å². The lowest BCUT2D eigenvalue weighted by Crippen LogP contribution is -2.38. The van der Waals surface area contributed by atoms with Gasteiger partial charge in [0.25, 0.3) is 0 Å². The number of carbonyl (C=O) groups is 2. The topological polar surface area (TPSA) is 49.4 Å². The Morgan fingerprint density at radius 1 is 1.30 bits per heavy atom. The van der Waals surface area contributed by atoms with Crippen molar-refractivity contribution in [3.63, 3.8) is 0 Å². The van der Waals surface area contributed by atoms with Crippen LogP contribution in [0.3, 0.4) is 0 Å². The summed E-state index contributed by atoms with van der Waals surface area (Å²) in [5.74, 6) is 0.639. The molecule has 2 unspecified atom stereocenters. The van der Waals surface area contributed by atoms with Gasteiger partial charge in [0.05, 0.1) is 5.41 Å². The van der Waals surface area contributed by atoms with E-state index in [1.165, 1.54) is 24.2 Å². The number of amides is 2. The van der Waals surface area contributed by atoms with Crippen LogP contribution in [0.25, 0.3) is 0 Å². The van der Waals surface area contributed by atoms with E-state index < -0.39 is 5.41 Å². The number of carbonyl (C=O) groups excluding carboxylic acids is 2. The summed E-state index contributed by atoms with van der Waals surface area (Å²) in [5.41, 5.74) is -0.493. The zero-order valence-electron chi connectivity index (χ0n) is 13.1. The van der Waals surface area contributed by atoms with Crippen molar-refractivity contribution in [2.45, 2.75) is 65.3 Å². The predicted octanol–water partition coefficient (Wildman–Crippen LogP) is 2.33. The van der Waals surface area contributed by atoms with Gasteiger partial charge in [-0.15, -0.1) is 0 Å². The fourth-order valence-electron chi connectivity index (χ4n) is 3.53. The minimum Gasteiger partial charge on any atom is -0.314 e. The Balaban J connectivity index is 1.85. The van der Waals surface area contributed by atoms with E-state index in [9.17, 15) is 9.59 Å². The summed E-state index contributed by atoms with van der Waals surface area (Å²) in [4.78, 5) is 25.6. The van der Waals surface area contributed by atoms with Crippen LogP contribution in [-0.4, -0.2) is 35.8 Å². The van der Waals surface area contributed by atoms with Crippen molar-refractivity contribution in [1.82, 2.24) is 10.2 Å². The first-order chi connectivity index (χ1) is 9.45. The van der Waals surface area contributed by atoms with Crippen molar-refractivity contribution in [2.75, 3.05) is 13.1 Å². The number of likely N-dealkylation sites (tertiary alicyclic amines) is 1. The van der Waals surface area contributed by atoms with Gasteiger partial charge in [0.15, 0.2) is 0 Å². The number of nitrogens with zero attached hydrogens (tertiary/aromatic N) is 1. The summed E-state index contributed by atoms with van der Waals surface area (Å²) in [5, 5.41) is 3.61. The van der Waals surface area contributed by atoms with Gasteiger partial charge in [-0.1, -0.05) is 27.2 Å². The standard InChI is InChI=1S/C16H28N2O2/c1-4-9-17-13-7-5-6-12(13)8-10-18-14(19)11-16(2,3)15(18)20/h12-13,17H,4-11H2,1-3H3. The maximum Gasteiger partial charge on any atom is 0.235 e. The molecule has 1 N–H and O–H groups in total. The molecule has 114 valence electrons. The van der Waals surface area contributed by atoms with Gasteiger partial charge in [-0.2, -0.15) is 0 Å². The zero-order chi connectivity index (χ0) is 14.8. The molecule has 2 atom stereocenters. The first-order valence-corrected chi connectivity index (χ1v) is 8.04. The van der Waals surface area contributed by atoms with E-state index in [1.54, 1.807) is 0 Å². The minimum atomic E-state index is -0.493. The molecule has 0 spiro atoms. The molecule has 2 amide bonds. The van der Waals surface area contributed by atoms with Crippen LogP contribution in [0, 0.1) is 11.3 Å². The quantitative estimate of drug-likeness (QED) is 0.760. The number of rotatable bonds is 6. The van der Waals surface area contributed by atoms with Crippen molar-refractivity contribution in [3.8, 4) is 0 Å². The SMILES string of the molecule is CCCNC1CCCC1CCN1C(=O)CC(C)(C)C1=O. The number of imide groups is 1. The molecule has 1 saturated carbocycles. The Morgan fingerprint density at radius 3 is 2.65 bits per heavy atom. The van der Waals surface area contributed by atoms with E-state index in [1.807, 2.05) is 13.8 Å². The van der Waals surface area contributed by atoms with Crippen molar-refractivity contribution in [1.29, 1.82) is 0 Å². The van der Waals surface area contributed by atoms with E-state index in [0.717, 1.165) is 19.4 Å². The van der Waals surface area contributed by atoms with Gasteiger partial charge in [-0.25, -0.2) is 0 Å². The Kier molecular flexibility index (Phi) is 4.84. The van der Waals surface area contributed by atoms with Crippen molar-refractivity contribution in [2.24, 2.45) is 11.3 Å². The first-order valence-electron chi connectivity index (χ1n) is 8.04. The first kappa shape index (κ1) is 15.5. The summed E-state index contributed by atoms with van der Waals surface area (Å²) in [6.07, 6.45) is 6.20. The maximum absolute atomic E-state index is 12.2. The van der Waals surface area contributed by atoms with Crippen molar-refractivity contribution in [3.05, 3.63) is 0 Å². The molecular formula is C16H28N2O2. The highest BCUT2D eigenvalue weighted by Crippen LogP contribution is 2.34. The molecule has 2 rings (SSSR count). The predicted molar refractivity (Wildman–Crippen MR) is 79.2 cm³/mol. The van der Waals surface area contributed by atoms with Gasteiger partial charge in [-0.05, 0) is 38.1 Å². The lowest BCUT2D eigenvalue weighted by molar-refractivity contribution is -0.141. The summed E-state index contributed by atoms with van der Waals surface area (Å²) in [6, 6.07) is 0.579. The average molecular weight is 280 g/mol. The third-order valence-electron chi connectivity index (χ3n) is 4.76. The molecule has 0 aromatic heterocycles. The monoisotopic (exact) mass is 280 g/mol. The van der Waals surface area contributed by atoms with Crippen LogP contribution in [0.15, 0.2) is 0 Å². The van der Waals surface area contributed by atoms with E-state index in [2.05, 4.69) is 12.2 Å². The van der Waals surface area contributed by atoms with Crippen LogP contribution >= 0.6 is 0 Å². The third-order valence-corrected chi connectivity index (χ3v) is 4.76. The van der Waals surface area contributed by atoms with Gasteiger partial charge in [0.1, 0.15) is 0 Å². The van der Waals surface area contributed by atoms with Crippen molar-refractivity contribution >= 4 is 11.8 Å². The van der Waals surface area contributed by atoms with Gasteiger partial charge in [0, 0.05) is 19.0 Å². The van der Waals surface area contributed by atoms with Crippen LogP contribution in [0.5, 0.6) is 0 Å². The van der Waals surface area contributed by atoms with E-state index in [-0.39, 0.29) is 11.8 Å². The summed E-state index contributed by atoms with van der Waals surface area (Å²) in [6.45, 7) is 7.59. The molecule has 2 fully saturated rings. The van der Waals surface area contributed by atoms with Gasteiger partial charge >= 0.3 is 0 Å². The molecule has 20 heavy (non-hydrogen) atoms. The normalized spacial score (nSPS) is 29.4. The largest absolute Gasteiger partial charge is 0.314 e. The number of nitrogens with one attached hydrogen (secondary N) is 1. The molecule has 2 aliphatic rings. The minimum absolute atomic E-state index is 0.0102. The molecule has 1 heterocycles. The fraction of sp³-hybridized carbons (Fsp3) is 0.875. The van der Waals surface area contributed by atoms with Gasteiger partial charge < -0.3 is 5.32 Å². The third kappa shape index (κ3) is 3.22. The van der Waals surface area contributed by atoms with Crippen LogP contribution in [0.4, 0.5) is 0 Å². The smallest absolute Gasteiger partial charge is 0.235 e. The average Bonchev–Trinajstić information content (AvgIpc) is 2.89. The molecule has 0 radical (unpaired) electrons. The van der Waals surface area contributed by atoms with Crippen LogP contribution in [-0.2, 0) is 9.59 Å². The van der Waals surface area contributed by atoms with E-state index in [0.29, 0.717) is 24.9 Å². The highest BCUT2D eigenvalue weighted by Gasteiger charge is 2.44. The fourth-order valence-corrected chi connectivity index (χ4v) is 3.53. The lowest BCUT2D eigenvalue weighted by Gasteiger charge is -2.24. The molecule has 0 aromatic carbocycles. The highest BCUT2D eigenvalue weighted by atomic mass is 16.2. The second-order valence-electron chi connectivity index (χ2n) is 6.95. The van der Waals surface area contributed by atoms with Crippen LogP contribution < -0.4 is 5.32 Å². The summed E-state index contributed by atoms with van der Waals surface area (Å²) in [7, 11) is 0. The summed E-state index contributed by atoms with van der Waals surface area (Å²) < 4.78 is 0. The molecule has 1 aliphatic heterocycles. The molecule has 0 bridgehead atoms. The van der Waals surface area contributed by atoms with Crippen molar-refractivity contribution < 1.29 is 9.59 Å². The molecule has 4 nitrogen and oxygen atoms in total. The Labute approximate surface area is 122 Å². The highest BCUT2D eigenvalue weighted by molar-refractivity contribution is 6.05. The maximum atomic E-state index is 12.2. The lowest BCUT2D eigenvalue weighted by atomic mass is 9.92. The summed E-state index contributed by atoms with van der Waals surface area (Å²) >= 11 is 0. The number of hydrogen-bond acceptors (Lipinski definition) is 3. The molecule has 1 saturated heterocycles. The Morgan fingerprint density at radius 2 is 2.05 bits per heavy atom. The Bertz CT molecular complexity index is 379. The molecule has 1 aliphatic carbocycles. The second-order valence-corrected chi connectivity index (χ2v) is 6.95. The van der Waals surface area contributed by atoms with Gasteiger partial charge in [-0.3, -0.25) is 14.5 Å².